The van der Waals surface area contributed by atoms with Crippen molar-refractivity contribution in [1.82, 2.24) is 9.47 Å². The van der Waals surface area contributed by atoms with Gasteiger partial charge in [-0.3, -0.25) is 5.73 Å². The lowest BCUT2D eigenvalue weighted by molar-refractivity contribution is -0.666. The first-order valence-electron chi connectivity index (χ1n) is 8.94. The van der Waals surface area contributed by atoms with Crippen LogP contribution >= 0.6 is 0 Å². The van der Waals surface area contributed by atoms with Gasteiger partial charge in [0.1, 0.15) is 29.4 Å². The Morgan fingerprint density at radius 1 is 1.12 bits per heavy atom. The van der Waals surface area contributed by atoms with Crippen molar-refractivity contribution >= 4 is 17.0 Å². The highest BCUT2D eigenvalue weighted by Gasteiger charge is 2.24. The van der Waals surface area contributed by atoms with Crippen LogP contribution in [0.15, 0.2) is 47.1 Å². The van der Waals surface area contributed by atoms with Gasteiger partial charge in [-0.2, -0.15) is 0 Å². The first-order valence-corrected chi connectivity index (χ1v) is 8.94. The number of anilines is 1. The van der Waals surface area contributed by atoms with Crippen molar-refractivity contribution in [2.24, 2.45) is 0 Å². The number of hydrogen-bond donors (Lipinski definition) is 2. The van der Waals surface area contributed by atoms with E-state index in [2.05, 4.69) is 15.5 Å². The van der Waals surface area contributed by atoms with Crippen LogP contribution in [-0.2, 0) is 13.1 Å². The Kier molecular flexibility index (Phi) is 4.46. The van der Waals surface area contributed by atoms with Gasteiger partial charge in [-0.15, -0.1) is 0 Å². The molecule has 3 heterocycles. The molecular formula is C19H25N4O2+. The summed E-state index contributed by atoms with van der Waals surface area (Å²) >= 11 is 0. The molecule has 3 aromatic rings. The van der Waals surface area contributed by atoms with Gasteiger partial charge in [0.25, 0.3) is 0 Å². The van der Waals surface area contributed by atoms with E-state index in [0.29, 0.717) is 18.3 Å². The molecule has 6 nitrogen and oxygen atoms in total. The van der Waals surface area contributed by atoms with Crippen LogP contribution in [-0.4, -0.2) is 34.2 Å². The number of rotatable bonds is 6. The maximum absolute atomic E-state index is 10.5. The normalized spacial score (nSPS) is 16.7. The quantitative estimate of drug-likeness (QED) is 0.672. The molecule has 1 saturated heterocycles. The topological polar surface area (TPSA) is 71.4 Å². The Labute approximate surface area is 147 Å². The first-order chi connectivity index (χ1) is 12.2. The lowest BCUT2D eigenvalue weighted by Crippen LogP contribution is -2.39. The molecule has 4 rings (SSSR count). The Balaban J connectivity index is 1.63. The molecule has 1 aromatic carbocycles. The number of imidazole rings is 1. The number of nitrogens with zero attached hydrogens (tertiary/aromatic N) is 3. The van der Waals surface area contributed by atoms with E-state index in [1.807, 2.05) is 22.8 Å². The largest absolute Gasteiger partial charge is 0.466 e. The standard InChI is InChI=1S/C19H24N4O2/c20-19-22(12-11-21-9-3-4-10-21)15-6-1-2-7-16(15)23(19)14-17(24)18-8-5-13-25-18/h1-2,5-8,13,17,20,24H,3-4,9-12,14H2/p+1/t17-/m1/s1. The van der Waals surface area contributed by atoms with Crippen LogP contribution in [0.4, 0.5) is 5.95 Å². The lowest BCUT2D eigenvalue weighted by atomic mass is 10.2. The average molecular weight is 341 g/mol. The van der Waals surface area contributed by atoms with Gasteiger partial charge in [0.2, 0.25) is 0 Å². The molecule has 0 radical (unpaired) electrons. The minimum absolute atomic E-state index is 0.372. The zero-order chi connectivity index (χ0) is 17.2. The number of furan rings is 1. The SMILES string of the molecule is Nc1n(CCN2CCCC2)c2ccccc2[n+]1C[C@@H](O)c1ccco1. The van der Waals surface area contributed by atoms with E-state index in [-0.39, 0.29) is 0 Å². The number of nitrogens with two attached hydrogens (primary N) is 1. The number of hydrogen-bond acceptors (Lipinski definition) is 4. The molecule has 1 aliphatic rings. The minimum atomic E-state index is -0.722. The van der Waals surface area contributed by atoms with Crippen molar-refractivity contribution in [3.63, 3.8) is 0 Å². The van der Waals surface area contributed by atoms with Crippen LogP contribution in [0.3, 0.4) is 0 Å². The highest BCUT2D eigenvalue weighted by molar-refractivity contribution is 5.73. The van der Waals surface area contributed by atoms with E-state index < -0.39 is 6.10 Å². The predicted molar refractivity (Wildman–Crippen MR) is 95.9 cm³/mol. The van der Waals surface area contributed by atoms with E-state index in [0.717, 1.165) is 24.1 Å². The van der Waals surface area contributed by atoms with Crippen molar-refractivity contribution in [2.75, 3.05) is 25.4 Å². The van der Waals surface area contributed by atoms with Crippen molar-refractivity contribution in [3.8, 4) is 0 Å². The molecule has 0 amide bonds. The minimum Gasteiger partial charge on any atom is -0.466 e. The smallest absolute Gasteiger partial charge is 0.356 e. The van der Waals surface area contributed by atoms with Crippen LogP contribution in [0.25, 0.3) is 11.0 Å². The summed E-state index contributed by atoms with van der Waals surface area (Å²) in [5, 5.41) is 10.5. The van der Waals surface area contributed by atoms with Gasteiger partial charge in [-0.05, 0) is 50.2 Å². The third-order valence-corrected chi connectivity index (χ3v) is 5.08. The number of nitrogen functional groups attached to an aromatic ring is 1. The number of likely N-dealkylation sites (tertiary alicyclic amines) is 1. The fourth-order valence-electron chi connectivity index (χ4n) is 3.73. The van der Waals surface area contributed by atoms with Gasteiger partial charge in [0.05, 0.1) is 12.8 Å². The summed E-state index contributed by atoms with van der Waals surface area (Å²) in [5.74, 6) is 1.23. The molecule has 3 N–H and O–H groups in total. The maximum atomic E-state index is 10.5. The average Bonchev–Trinajstić information content (AvgIpc) is 3.36. The Morgan fingerprint density at radius 2 is 1.92 bits per heavy atom. The Hall–Kier alpha value is -2.31. The number of aliphatic hydroxyl groups is 1. The molecule has 1 aliphatic heterocycles. The van der Waals surface area contributed by atoms with E-state index in [9.17, 15) is 5.11 Å². The molecule has 1 fully saturated rings. The van der Waals surface area contributed by atoms with Crippen molar-refractivity contribution in [2.45, 2.75) is 32.0 Å². The van der Waals surface area contributed by atoms with Gasteiger partial charge in [0, 0.05) is 6.54 Å². The van der Waals surface area contributed by atoms with Gasteiger partial charge in [-0.25, -0.2) is 9.13 Å². The van der Waals surface area contributed by atoms with Crippen molar-refractivity contribution < 1.29 is 14.1 Å². The summed E-state index contributed by atoms with van der Waals surface area (Å²) in [6.45, 7) is 4.59. The molecule has 0 aliphatic carbocycles. The number of fused-ring (bicyclic) bond motifs is 1. The lowest BCUT2D eigenvalue weighted by Gasteiger charge is -2.13. The van der Waals surface area contributed by atoms with E-state index in [1.165, 1.54) is 25.9 Å². The molecule has 2 aromatic heterocycles. The van der Waals surface area contributed by atoms with E-state index >= 15 is 0 Å². The highest BCUT2D eigenvalue weighted by atomic mass is 16.4. The monoisotopic (exact) mass is 341 g/mol. The third kappa shape index (κ3) is 3.15. The highest BCUT2D eigenvalue weighted by Crippen LogP contribution is 2.20. The zero-order valence-electron chi connectivity index (χ0n) is 14.3. The number of aliphatic hydroxyl groups excluding tert-OH is 1. The molecule has 6 heteroatoms. The molecular weight excluding hydrogens is 316 g/mol. The predicted octanol–water partition coefficient (Wildman–Crippen LogP) is 1.93. The summed E-state index contributed by atoms with van der Waals surface area (Å²) < 4.78 is 9.46. The van der Waals surface area contributed by atoms with E-state index in [1.54, 1.807) is 18.4 Å². The second-order valence-corrected chi connectivity index (χ2v) is 6.69. The third-order valence-electron chi connectivity index (χ3n) is 5.08. The van der Waals surface area contributed by atoms with Gasteiger partial charge < -0.3 is 14.4 Å². The van der Waals surface area contributed by atoms with Crippen LogP contribution < -0.4 is 10.3 Å². The van der Waals surface area contributed by atoms with Gasteiger partial charge >= 0.3 is 5.95 Å². The fraction of sp³-hybridized carbons (Fsp3) is 0.421. The first kappa shape index (κ1) is 16.2. The summed E-state index contributed by atoms with van der Waals surface area (Å²) in [5.41, 5.74) is 8.61. The van der Waals surface area contributed by atoms with Gasteiger partial charge in [0.15, 0.2) is 0 Å². The summed E-state index contributed by atoms with van der Waals surface area (Å²) in [4.78, 5) is 2.48. The second kappa shape index (κ2) is 6.90. The molecule has 132 valence electrons. The maximum Gasteiger partial charge on any atom is 0.356 e. The fourth-order valence-corrected chi connectivity index (χ4v) is 3.73. The van der Waals surface area contributed by atoms with Crippen LogP contribution in [0.1, 0.15) is 24.7 Å². The molecule has 1 atom stereocenters. The summed E-state index contributed by atoms with van der Waals surface area (Å²) in [6.07, 6.45) is 3.43. The molecule has 0 spiro atoms. The molecule has 0 saturated carbocycles. The molecule has 0 unspecified atom stereocenters. The van der Waals surface area contributed by atoms with Crippen molar-refractivity contribution in [3.05, 3.63) is 48.4 Å². The van der Waals surface area contributed by atoms with E-state index in [4.69, 9.17) is 10.2 Å². The zero-order valence-corrected chi connectivity index (χ0v) is 14.3. The number of aromatic nitrogens is 2. The Bertz CT molecular complexity index is 835. The van der Waals surface area contributed by atoms with Crippen LogP contribution in [0, 0.1) is 0 Å². The van der Waals surface area contributed by atoms with Crippen molar-refractivity contribution in [1.29, 1.82) is 0 Å². The number of para-hydroxylation sites is 2. The van der Waals surface area contributed by atoms with Gasteiger partial charge in [-0.1, -0.05) is 12.1 Å². The van der Waals surface area contributed by atoms with Crippen LogP contribution in [0.2, 0.25) is 0 Å². The number of benzene rings is 1. The summed E-state index contributed by atoms with van der Waals surface area (Å²) in [7, 11) is 0. The summed E-state index contributed by atoms with van der Waals surface area (Å²) in [6, 6.07) is 11.7. The second-order valence-electron chi connectivity index (χ2n) is 6.69. The van der Waals surface area contributed by atoms with Crippen LogP contribution in [0.5, 0.6) is 0 Å². The molecule has 25 heavy (non-hydrogen) atoms. The molecule has 0 bridgehead atoms. The Morgan fingerprint density at radius 3 is 2.68 bits per heavy atom.